The number of nitrogens with one attached hydrogen (secondary N) is 1. The summed E-state index contributed by atoms with van der Waals surface area (Å²) in [7, 11) is 0. The monoisotopic (exact) mass is 258 g/mol. The molecule has 0 aromatic heterocycles. The van der Waals surface area contributed by atoms with E-state index >= 15 is 0 Å². The number of alkyl carbamates (subject to hydrolysis) is 1. The van der Waals surface area contributed by atoms with Gasteiger partial charge < -0.3 is 14.8 Å². The van der Waals surface area contributed by atoms with E-state index in [2.05, 4.69) is 5.32 Å². The lowest BCUT2D eigenvalue weighted by Gasteiger charge is -2.29. The molecule has 0 fully saturated rings. The van der Waals surface area contributed by atoms with Crippen LogP contribution in [0.1, 0.15) is 48.5 Å². The van der Waals surface area contributed by atoms with E-state index in [1.54, 1.807) is 34.0 Å². The molecule has 1 N–H and O–H groups in total. The number of hydrogen-bond donors (Lipinski definition) is 1. The average molecular weight is 258 g/mol. The first-order chi connectivity index (χ1) is 7.94. The number of carbonyl (C=O) groups excluding carboxylic acids is 2. The Hall–Kier alpha value is -1.10. The Morgan fingerprint density at radius 3 is 1.94 bits per heavy atom. The van der Waals surface area contributed by atoms with Gasteiger partial charge in [-0.05, 0) is 48.5 Å². The minimum atomic E-state index is -0.848. The molecular weight excluding hydrogens is 234 g/mol. The van der Waals surface area contributed by atoms with E-state index in [0.717, 1.165) is 0 Å². The van der Waals surface area contributed by atoms with E-state index in [-0.39, 0.29) is 0 Å². The third-order valence-electron chi connectivity index (χ3n) is 1.81. The van der Waals surface area contributed by atoms with Gasteiger partial charge in [0.2, 0.25) is 6.29 Å². The quantitative estimate of drug-likeness (QED) is 0.839. The molecule has 0 saturated carbocycles. The second-order valence-corrected chi connectivity index (χ2v) is 6.18. The Morgan fingerprint density at radius 2 is 1.61 bits per heavy atom. The number of hydrogen-bond acceptors (Lipinski definition) is 4. The van der Waals surface area contributed by atoms with Crippen LogP contribution >= 0.6 is 0 Å². The maximum absolute atomic E-state index is 11.5. The van der Waals surface area contributed by atoms with Crippen LogP contribution in [0, 0.1) is 0 Å². The third kappa shape index (κ3) is 8.06. The molecule has 2 atom stereocenters. The molecule has 105 valence electrons. The Bertz CT molecular complexity index is 288. The second-order valence-electron chi connectivity index (χ2n) is 6.18. The highest BCUT2D eigenvalue weighted by molar-refractivity contribution is 5.74. The summed E-state index contributed by atoms with van der Waals surface area (Å²) in [5, 5.41) is 2.44. The zero-order valence-electron chi connectivity index (χ0n) is 12.3. The number of rotatable bonds is 4. The highest BCUT2D eigenvalue weighted by atomic mass is 16.6. The predicted octanol–water partition coefficient (Wildman–Crippen LogP) is 2.19. The van der Waals surface area contributed by atoms with E-state index in [1.165, 1.54) is 0 Å². The number of ether oxygens (including phenoxy) is 2. The Kier molecular flexibility index (Phi) is 5.80. The van der Waals surface area contributed by atoms with Gasteiger partial charge in [0.15, 0.2) is 0 Å². The topological polar surface area (TPSA) is 64.6 Å². The summed E-state index contributed by atoms with van der Waals surface area (Å²) >= 11 is 0. The first-order valence-corrected chi connectivity index (χ1v) is 5.99. The molecule has 1 radical (unpaired) electrons. The highest BCUT2D eigenvalue weighted by Crippen LogP contribution is 2.13. The maximum Gasteiger partial charge on any atom is 0.408 e. The van der Waals surface area contributed by atoms with Gasteiger partial charge in [-0.2, -0.15) is 0 Å². The molecule has 18 heavy (non-hydrogen) atoms. The van der Waals surface area contributed by atoms with Gasteiger partial charge in [-0.15, -0.1) is 0 Å². The van der Waals surface area contributed by atoms with E-state index in [0.29, 0.717) is 0 Å². The summed E-state index contributed by atoms with van der Waals surface area (Å²) in [4.78, 5) is 22.4. The van der Waals surface area contributed by atoms with Gasteiger partial charge >= 0.3 is 6.09 Å². The standard InChI is InChI=1S/C13H24NO4/c1-9(17-12(2,3)4)10(8-15)14-11(16)18-13(5,6)7/h9-10H,1-7H3,(H,14,16)/t9-,10-/m1/s1. The summed E-state index contributed by atoms with van der Waals surface area (Å²) in [5.74, 6) is 0. The number of amides is 1. The molecular formula is C13H24NO4. The maximum atomic E-state index is 11.5. The summed E-state index contributed by atoms with van der Waals surface area (Å²) in [6, 6.07) is -0.848. The van der Waals surface area contributed by atoms with Gasteiger partial charge in [-0.25, -0.2) is 4.79 Å². The number of carbonyl (C=O) groups is 1. The Balaban J connectivity index is 4.43. The van der Waals surface area contributed by atoms with Crippen molar-refractivity contribution in [3.8, 4) is 0 Å². The SMILES string of the molecule is C[C@@H](OC(C)(C)C)[C@@H]([C]=O)NC(=O)OC(C)(C)C. The summed E-state index contributed by atoms with van der Waals surface area (Å²) < 4.78 is 10.7. The molecule has 0 rings (SSSR count). The van der Waals surface area contributed by atoms with Crippen molar-refractivity contribution in [2.45, 2.75) is 71.8 Å². The Morgan fingerprint density at radius 1 is 1.11 bits per heavy atom. The molecule has 0 aromatic rings. The first-order valence-electron chi connectivity index (χ1n) is 5.99. The van der Waals surface area contributed by atoms with Crippen molar-refractivity contribution >= 4 is 12.4 Å². The summed E-state index contributed by atoms with van der Waals surface area (Å²) in [6.07, 6.45) is 0.625. The molecule has 0 spiro atoms. The van der Waals surface area contributed by atoms with Gasteiger partial charge in [-0.3, -0.25) is 4.79 Å². The van der Waals surface area contributed by atoms with Crippen molar-refractivity contribution in [1.29, 1.82) is 0 Å². The molecule has 0 aliphatic carbocycles. The van der Waals surface area contributed by atoms with Crippen LogP contribution in [0.4, 0.5) is 4.79 Å². The molecule has 0 aliphatic heterocycles. The zero-order valence-corrected chi connectivity index (χ0v) is 12.3. The van der Waals surface area contributed by atoms with E-state index in [4.69, 9.17) is 9.47 Å². The van der Waals surface area contributed by atoms with Crippen LogP contribution in [-0.4, -0.2) is 35.7 Å². The fourth-order valence-electron chi connectivity index (χ4n) is 1.30. The lowest BCUT2D eigenvalue weighted by Crippen LogP contribution is -2.48. The van der Waals surface area contributed by atoms with Crippen LogP contribution in [0.5, 0.6) is 0 Å². The molecule has 0 bridgehead atoms. The van der Waals surface area contributed by atoms with Crippen LogP contribution in [0.3, 0.4) is 0 Å². The average Bonchev–Trinajstić information content (AvgIpc) is 2.07. The first kappa shape index (κ1) is 16.9. The predicted molar refractivity (Wildman–Crippen MR) is 69.2 cm³/mol. The van der Waals surface area contributed by atoms with Crippen LogP contribution < -0.4 is 5.32 Å². The minimum Gasteiger partial charge on any atom is -0.444 e. The van der Waals surface area contributed by atoms with Crippen molar-refractivity contribution in [2.75, 3.05) is 0 Å². The normalized spacial score (nSPS) is 15.7. The summed E-state index contributed by atoms with van der Waals surface area (Å²) in [5.41, 5.74) is -1.00. The smallest absolute Gasteiger partial charge is 0.408 e. The van der Waals surface area contributed by atoms with E-state index in [9.17, 15) is 9.59 Å². The largest absolute Gasteiger partial charge is 0.444 e. The van der Waals surface area contributed by atoms with E-state index in [1.807, 2.05) is 20.8 Å². The van der Waals surface area contributed by atoms with Crippen molar-refractivity contribution in [3.63, 3.8) is 0 Å². The molecule has 0 aromatic carbocycles. The summed E-state index contributed by atoms with van der Waals surface area (Å²) in [6.45, 7) is 12.6. The van der Waals surface area contributed by atoms with Crippen molar-refractivity contribution in [3.05, 3.63) is 0 Å². The molecule has 0 saturated heterocycles. The third-order valence-corrected chi connectivity index (χ3v) is 1.81. The molecule has 0 aliphatic rings. The van der Waals surface area contributed by atoms with Crippen LogP contribution in [-0.2, 0) is 14.3 Å². The molecule has 5 nitrogen and oxygen atoms in total. The lowest BCUT2D eigenvalue weighted by atomic mass is 10.1. The van der Waals surface area contributed by atoms with E-state index < -0.39 is 29.4 Å². The highest BCUT2D eigenvalue weighted by Gasteiger charge is 2.27. The molecule has 5 heteroatoms. The second kappa shape index (κ2) is 6.18. The van der Waals surface area contributed by atoms with Crippen molar-refractivity contribution < 1.29 is 19.1 Å². The molecule has 1 amide bonds. The van der Waals surface area contributed by atoms with Crippen molar-refractivity contribution in [1.82, 2.24) is 5.32 Å². The zero-order chi connectivity index (χ0) is 14.6. The van der Waals surface area contributed by atoms with Gasteiger partial charge in [0.25, 0.3) is 0 Å². The molecule has 0 heterocycles. The Labute approximate surface area is 109 Å². The van der Waals surface area contributed by atoms with Gasteiger partial charge in [-0.1, -0.05) is 0 Å². The van der Waals surface area contributed by atoms with Crippen LogP contribution in [0.15, 0.2) is 0 Å². The van der Waals surface area contributed by atoms with Crippen LogP contribution in [0.25, 0.3) is 0 Å². The minimum absolute atomic E-state index is 0.399. The van der Waals surface area contributed by atoms with Gasteiger partial charge in [0, 0.05) is 0 Å². The fourth-order valence-corrected chi connectivity index (χ4v) is 1.30. The lowest BCUT2D eigenvalue weighted by molar-refractivity contribution is -0.0582. The van der Waals surface area contributed by atoms with Crippen molar-refractivity contribution in [2.24, 2.45) is 0 Å². The van der Waals surface area contributed by atoms with Crippen LogP contribution in [0.2, 0.25) is 0 Å². The van der Waals surface area contributed by atoms with Gasteiger partial charge in [0.1, 0.15) is 11.6 Å². The van der Waals surface area contributed by atoms with Gasteiger partial charge in [0.05, 0.1) is 11.7 Å². The molecule has 0 unspecified atom stereocenters. The fraction of sp³-hybridized carbons (Fsp3) is 0.846.